The van der Waals surface area contributed by atoms with Crippen molar-refractivity contribution in [1.29, 1.82) is 0 Å². The average molecular weight is 431 g/mol. The van der Waals surface area contributed by atoms with Crippen molar-refractivity contribution >= 4 is 22.9 Å². The van der Waals surface area contributed by atoms with E-state index in [-0.39, 0.29) is 5.69 Å². The molecule has 4 rings (SSSR count). The molecule has 1 aliphatic rings. The third-order valence-electron chi connectivity index (χ3n) is 5.22. The quantitative estimate of drug-likeness (QED) is 0.450. The maximum absolute atomic E-state index is 11.7. The van der Waals surface area contributed by atoms with Gasteiger partial charge in [-0.25, -0.2) is 14.3 Å². The largest absolute Gasteiger partial charge is 0.492 e. The molecule has 0 radical (unpaired) electrons. The Morgan fingerprint density at radius 1 is 1.23 bits per heavy atom. The third kappa shape index (κ3) is 5.33. The van der Waals surface area contributed by atoms with E-state index in [1.807, 2.05) is 12.1 Å². The van der Waals surface area contributed by atoms with Crippen LogP contribution in [-0.4, -0.2) is 65.4 Å². The van der Waals surface area contributed by atoms with Crippen molar-refractivity contribution in [3.63, 3.8) is 0 Å². The Kier molecular flexibility index (Phi) is 6.88. The summed E-state index contributed by atoms with van der Waals surface area (Å²) in [6, 6.07) is 10.1. The number of pyridine rings is 1. The Labute approximate surface area is 180 Å². The van der Waals surface area contributed by atoms with Crippen LogP contribution in [-0.2, 0) is 6.42 Å². The lowest BCUT2D eigenvalue weighted by Gasteiger charge is -2.26. The van der Waals surface area contributed by atoms with Gasteiger partial charge in [-0.05, 0) is 36.6 Å². The SMILES string of the molecule is O=c1[nH]nc2c(NCCCc3cccc(OCCN4CCNCC4)c3)cc(Cl)cn12. The van der Waals surface area contributed by atoms with E-state index in [1.54, 1.807) is 12.3 Å². The summed E-state index contributed by atoms with van der Waals surface area (Å²) in [4.78, 5) is 14.2. The molecule has 0 spiro atoms. The van der Waals surface area contributed by atoms with Crippen LogP contribution in [0.2, 0.25) is 5.02 Å². The number of halogens is 1. The van der Waals surface area contributed by atoms with Crippen molar-refractivity contribution in [2.75, 3.05) is 51.2 Å². The number of H-pyrrole nitrogens is 1. The van der Waals surface area contributed by atoms with Gasteiger partial charge in [0.05, 0.1) is 10.7 Å². The summed E-state index contributed by atoms with van der Waals surface area (Å²) in [6.45, 7) is 6.69. The minimum Gasteiger partial charge on any atom is -0.492 e. The van der Waals surface area contributed by atoms with Crippen molar-refractivity contribution in [3.8, 4) is 5.75 Å². The Balaban J connectivity index is 1.24. The highest BCUT2D eigenvalue weighted by Gasteiger charge is 2.09. The number of ether oxygens (including phenoxy) is 1. The third-order valence-corrected chi connectivity index (χ3v) is 5.43. The Bertz CT molecular complexity index is 1030. The molecular formula is C21H27ClN6O2. The Morgan fingerprint density at radius 2 is 2.10 bits per heavy atom. The van der Waals surface area contributed by atoms with Gasteiger partial charge in [0, 0.05) is 45.5 Å². The van der Waals surface area contributed by atoms with Crippen LogP contribution in [0.5, 0.6) is 5.75 Å². The fraction of sp³-hybridized carbons (Fsp3) is 0.429. The molecule has 160 valence electrons. The molecule has 3 N–H and O–H groups in total. The molecule has 1 fully saturated rings. The maximum atomic E-state index is 11.7. The first-order chi connectivity index (χ1) is 14.7. The number of aryl methyl sites for hydroxylation is 1. The van der Waals surface area contributed by atoms with Gasteiger partial charge in [-0.15, -0.1) is 0 Å². The number of hydrogen-bond acceptors (Lipinski definition) is 6. The summed E-state index contributed by atoms with van der Waals surface area (Å²) in [7, 11) is 0. The highest BCUT2D eigenvalue weighted by Crippen LogP contribution is 2.20. The molecule has 1 aliphatic heterocycles. The van der Waals surface area contributed by atoms with Crippen molar-refractivity contribution in [2.45, 2.75) is 12.8 Å². The van der Waals surface area contributed by atoms with E-state index >= 15 is 0 Å². The molecule has 0 atom stereocenters. The van der Waals surface area contributed by atoms with Crippen molar-refractivity contribution < 1.29 is 4.74 Å². The van der Waals surface area contributed by atoms with Crippen molar-refractivity contribution in [2.24, 2.45) is 0 Å². The number of aromatic nitrogens is 3. The molecule has 1 aromatic carbocycles. The molecule has 0 saturated carbocycles. The lowest BCUT2D eigenvalue weighted by molar-refractivity contribution is 0.191. The van der Waals surface area contributed by atoms with Gasteiger partial charge in [-0.2, -0.15) is 5.10 Å². The molecule has 0 unspecified atom stereocenters. The summed E-state index contributed by atoms with van der Waals surface area (Å²) >= 11 is 6.11. The van der Waals surface area contributed by atoms with Crippen LogP contribution in [0.3, 0.4) is 0 Å². The smallest absolute Gasteiger partial charge is 0.347 e. The zero-order valence-electron chi connectivity index (χ0n) is 16.9. The van der Waals surface area contributed by atoms with Crippen molar-refractivity contribution in [1.82, 2.24) is 24.8 Å². The molecule has 30 heavy (non-hydrogen) atoms. The first kappa shape index (κ1) is 20.7. The van der Waals surface area contributed by atoms with Crippen LogP contribution in [0.1, 0.15) is 12.0 Å². The standard InChI is InChI=1S/C21H27ClN6O2/c22-17-14-19(20-25-26-21(29)28(20)15-17)24-6-2-4-16-3-1-5-18(13-16)30-12-11-27-9-7-23-8-10-27/h1,3,5,13-15,23-24H,2,4,6-12H2,(H,26,29). The summed E-state index contributed by atoms with van der Waals surface area (Å²) in [6.07, 6.45) is 3.41. The lowest BCUT2D eigenvalue weighted by atomic mass is 10.1. The van der Waals surface area contributed by atoms with E-state index in [2.05, 4.69) is 37.9 Å². The van der Waals surface area contributed by atoms with E-state index in [0.717, 1.165) is 63.5 Å². The second-order valence-electron chi connectivity index (χ2n) is 7.41. The number of piperazine rings is 1. The molecular weight excluding hydrogens is 404 g/mol. The summed E-state index contributed by atoms with van der Waals surface area (Å²) in [5, 5.41) is 13.7. The molecule has 3 heterocycles. The second kappa shape index (κ2) is 9.97. The molecule has 2 aromatic heterocycles. The normalized spacial score (nSPS) is 14.8. The molecule has 0 bridgehead atoms. The van der Waals surface area contributed by atoms with Crippen LogP contribution in [0.25, 0.3) is 5.65 Å². The Morgan fingerprint density at radius 3 is 2.97 bits per heavy atom. The van der Waals surface area contributed by atoms with Crippen LogP contribution in [0, 0.1) is 0 Å². The average Bonchev–Trinajstić information content (AvgIpc) is 3.13. The Hall–Kier alpha value is -2.55. The molecule has 0 amide bonds. The van der Waals surface area contributed by atoms with Gasteiger partial charge in [0.15, 0.2) is 5.65 Å². The minimum atomic E-state index is -0.302. The number of anilines is 1. The number of aromatic amines is 1. The van der Waals surface area contributed by atoms with Crippen molar-refractivity contribution in [3.05, 3.63) is 57.6 Å². The number of nitrogens with one attached hydrogen (secondary N) is 3. The number of fused-ring (bicyclic) bond motifs is 1. The fourth-order valence-electron chi connectivity index (χ4n) is 3.64. The maximum Gasteiger partial charge on any atom is 0.347 e. The summed E-state index contributed by atoms with van der Waals surface area (Å²) < 4.78 is 7.36. The highest BCUT2D eigenvalue weighted by molar-refractivity contribution is 6.30. The van der Waals surface area contributed by atoms with Gasteiger partial charge in [-0.1, -0.05) is 23.7 Å². The van der Waals surface area contributed by atoms with Gasteiger partial charge in [-0.3, -0.25) is 4.90 Å². The first-order valence-electron chi connectivity index (χ1n) is 10.3. The van der Waals surface area contributed by atoms with Gasteiger partial charge < -0.3 is 15.4 Å². The van der Waals surface area contributed by atoms with Gasteiger partial charge in [0.2, 0.25) is 0 Å². The van der Waals surface area contributed by atoms with Crippen LogP contribution in [0.4, 0.5) is 5.69 Å². The first-order valence-corrected chi connectivity index (χ1v) is 10.7. The second-order valence-corrected chi connectivity index (χ2v) is 7.85. The minimum absolute atomic E-state index is 0.302. The number of rotatable bonds is 9. The van der Waals surface area contributed by atoms with E-state index in [9.17, 15) is 4.79 Å². The topological polar surface area (TPSA) is 86.7 Å². The van der Waals surface area contributed by atoms with Crippen LogP contribution >= 0.6 is 11.6 Å². The zero-order chi connectivity index (χ0) is 20.8. The molecule has 1 saturated heterocycles. The fourth-order valence-corrected chi connectivity index (χ4v) is 3.85. The predicted molar refractivity (Wildman–Crippen MR) is 119 cm³/mol. The van der Waals surface area contributed by atoms with Crippen LogP contribution in [0.15, 0.2) is 41.3 Å². The number of hydrogen-bond donors (Lipinski definition) is 3. The summed E-state index contributed by atoms with van der Waals surface area (Å²) in [5.74, 6) is 0.919. The molecule has 3 aromatic rings. The molecule has 8 nitrogen and oxygen atoms in total. The van der Waals surface area contributed by atoms with Crippen LogP contribution < -0.4 is 21.1 Å². The number of benzene rings is 1. The van der Waals surface area contributed by atoms with E-state index in [0.29, 0.717) is 17.3 Å². The van der Waals surface area contributed by atoms with Gasteiger partial charge in [0.1, 0.15) is 12.4 Å². The predicted octanol–water partition coefficient (Wildman–Crippen LogP) is 2.00. The van der Waals surface area contributed by atoms with E-state index in [4.69, 9.17) is 16.3 Å². The monoisotopic (exact) mass is 430 g/mol. The van der Waals surface area contributed by atoms with E-state index in [1.165, 1.54) is 9.96 Å². The molecule has 0 aliphatic carbocycles. The lowest BCUT2D eigenvalue weighted by Crippen LogP contribution is -2.44. The van der Waals surface area contributed by atoms with Gasteiger partial charge in [0.25, 0.3) is 0 Å². The molecule has 9 heteroatoms. The van der Waals surface area contributed by atoms with E-state index < -0.39 is 0 Å². The van der Waals surface area contributed by atoms with Gasteiger partial charge >= 0.3 is 5.69 Å². The zero-order valence-corrected chi connectivity index (χ0v) is 17.6. The highest BCUT2D eigenvalue weighted by atomic mass is 35.5. The summed E-state index contributed by atoms with van der Waals surface area (Å²) in [5.41, 5.74) is 2.23. The number of nitrogens with zero attached hydrogens (tertiary/aromatic N) is 3.